The van der Waals surface area contributed by atoms with Crippen LogP contribution in [0.5, 0.6) is 0 Å². The number of hydrogen-bond donors (Lipinski definition) is 0. The van der Waals surface area contributed by atoms with Crippen molar-refractivity contribution in [2.45, 2.75) is 19.0 Å². The van der Waals surface area contributed by atoms with Gasteiger partial charge in [0.1, 0.15) is 16.6 Å². The number of nitro groups is 1. The molecule has 1 unspecified atom stereocenters. The van der Waals surface area contributed by atoms with Gasteiger partial charge in [0.2, 0.25) is 11.8 Å². The number of carbonyl (C=O) groups is 3. The normalized spacial score (nSPS) is 14.8. The minimum atomic E-state index is -1.19. The lowest BCUT2D eigenvalue weighted by atomic mass is 10.1. The largest absolute Gasteiger partial charge is 0.436 e. The number of oxazole rings is 1. The van der Waals surface area contributed by atoms with E-state index in [4.69, 9.17) is 27.6 Å². The Bertz CT molecular complexity index is 1890. The minimum Gasteiger partial charge on any atom is -0.436 e. The number of anilines is 1. The van der Waals surface area contributed by atoms with E-state index in [1.54, 1.807) is 54.6 Å². The SMILES string of the molecule is O=C1CC(N(Cc2ccccc2Cl)C(=O)c2ccc(Cl)c([N+](=O)[O-])c2)C(=O)N1c1ccc(-c2nc3ccccc3o2)cc1. The highest BCUT2D eigenvalue weighted by Crippen LogP contribution is 2.32. The van der Waals surface area contributed by atoms with Gasteiger partial charge in [-0.15, -0.1) is 0 Å². The fourth-order valence-electron chi connectivity index (χ4n) is 4.96. The van der Waals surface area contributed by atoms with Gasteiger partial charge in [0.05, 0.1) is 17.0 Å². The van der Waals surface area contributed by atoms with Crippen LogP contribution in [0.4, 0.5) is 11.4 Å². The van der Waals surface area contributed by atoms with Crippen molar-refractivity contribution in [2.24, 2.45) is 0 Å². The average molecular weight is 615 g/mol. The number of carbonyl (C=O) groups excluding carboxylic acids is 3. The van der Waals surface area contributed by atoms with E-state index in [1.807, 2.05) is 18.2 Å². The summed E-state index contributed by atoms with van der Waals surface area (Å²) in [5.41, 5.74) is 2.29. The van der Waals surface area contributed by atoms with Crippen LogP contribution in [-0.4, -0.2) is 38.6 Å². The summed E-state index contributed by atoms with van der Waals surface area (Å²) >= 11 is 12.3. The predicted molar refractivity (Wildman–Crippen MR) is 160 cm³/mol. The molecule has 1 fully saturated rings. The first-order valence-corrected chi connectivity index (χ1v) is 13.8. The van der Waals surface area contributed by atoms with E-state index >= 15 is 0 Å². The molecular weight excluding hydrogens is 595 g/mol. The first-order valence-electron chi connectivity index (χ1n) is 13.0. The molecular formula is C31H20Cl2N4O6. The number of hydrogen-bond acceptors (Lipinski definition) is 7. The molecule has 10 nitrogen and oxygen atoms in total. The van der Waals surface area contributed by atoms with Crippen molar-refractivity contribution in [3.63, 3.8) is 0 Å². The van der Waals surface area contributed by atoms with Gasteiger partial charge < -0.3 is 9.32 Å². The van der Waals surface area contributed by atoms with Crippen molar-refractivity contribution in [3.05, 3.63) is 122 Å². The van der Waals surface area contributed by atoms with Crippen molar-refractivity contribution in [3.8, 4) is 11.5 Å². The molecule has 0 aliphatic carbocycles. The van der Waals surface area contributed by atoms with Crippen LogP contribution in [0.15, 0.2) is 95.4 Å². The maximum absolute atomic E-state index is 13.8. The highest BCUT2D eigenvalue weighted by atomic mass is 35.5. The molecule has 43 heavy (non-hydrogen) atoms. The van der Waals surface area contributed by atoms with Gasteiger partial charge in [0, 0.05) is 28.8 Å². The fourth-order valence-corrected chi connectivity index (χ4v) is 5.35. The molecule has 1 aliphatic rings. The van der Waals surface area contributed by atoms with Gasteiger partial charge in [-0.1, -0.05) is 53.5 Å². The van der Waals surface area contributed by atoms with Gasteiger partial charge in [-0.05, 0) is 60.2 Å². The monoisotopic (exact) mass is 614 g/mol. The molecule has 0 N–H and O–H groups in total. The number of halogens is 2. The zero-order valence-corrected chi connectivity index (χ0v) is 23.7. The lowest BCUT2D eigenvalue weighted by Crippen LogP contribution is -2.45. The van der Waals surface area contributed by atoms with Gasteiger partial charge in [0.25, 0.3) is 17.5 Å². The van der Waals surface area contributed by atoms with E-state index in [9.17, 15) is 24.5 Å². The second-order valence-corrected chi connectivity index (χ2v) is 10.6. The smallest absolute Gasteiger partial charge is 0.288 e. The number of amides is 3. The Kier molecular flexibility index (Phi) is 7.39. The molecule has 1 aromatic heterocycles. The Morgan fingerprint density at radius 1 is 0.977 bits per heavy atom. The molecule has 214 valence electrons. The summed E-state index contributed by atoms with van der Waals surface area (Å²) in [4.78, 5) is 58.3. The Morgan fingerprint density at radius 3 is 2.42 bits per heavy atom. The third kappa shape index (κ3) is 5.33. The van der Waals surface area contributed by atoms with E-state index in [2.05, 4.69) is 4.98 Å². The number of fused-ring (bicyclic) bond motifs is 1. The summed E-state index contributed by atoms with van der Waals surface area (Å²) in [7, 11) is 0. The predicted octanol–water partition coefficient (Wildman–Crippen LogP) is 6.68. The molecule has 0 spiro atoms. The van der Waals surface area contributed by atoms with Crippen molar-refractivity contribution >= 4 is 63.4 Å². The average Bonchev–Trinajstić information content (AvgIpc) is 3.57. The number of imide groups is 1. The third-order valence-electron chi connectivity index (χ3n) is 7.11. The van der Waals surface area contributed by atoms with Crippen LogP contribution in [0.1, 0.15) is 22.3 Å². The Balaban J connectivity index is 1.32. The van der Waals surface area contributed by atoms with E-state index in [-0.39, 0.29) is 23.6 Å². The van der Waals surface area contributed by atoms with Crippen molar-refractivity contribution in [1.82, 2.24) is 9.88 Å². The molecule has 1 atom stereocenters. The lowest BCUT2D eigenvalue weighted by molar-refractivity contribution is -0.384. The van der Waals surface area contributed by atoms with Gasteiger partial charge in [-0.2, -0.15) is 0 Å². The van der Waals surface area contributed by atoms with Crippen LogP contribution in [0, 0.1) is 10.1 Å². The number of benzene rings is 4. The summed E-state index contributed by atoms with van der Waals surface area (Å²) in [5, 5.41) is 11.7. The van der Waals surface area contributed by atoms with Gasteiger partial charge in [-0.25, -0.2) is 9.88 Å². The summed E-state index contributed by atoms with van der Waals surface area (Å²) in [5.74, 6) is -1.44. The van der Waals surface area contributed by atoms with E-state index in [0.717, 1.165) is 11.0 Å². The van der Waals surface area contributed by atoms with E-state index < -0.39 is 34.4 Å². The van der Waals surface area contributed by atoms with Crippen LogP contribution in [-0.2, 0) is 16.1 Å². The van der Waals surface area contributed by atoms with Gasteiger partial charge in [0.15, 0.2) is 5.58 Å². The molecule has 2 heterocycles. The quantitative estimate of drug-likeness (QED) is 0.114. The molecule has 0 radical (unpaired) electrons. The molecule has 3 amide bonds. The van der Waals surface area contributed by atoms with Crippen molar-refractivity contribution in [2.75, 3.05) is 4.90 Å². The third-order valence-corrected chi connectivity index (χ3v) is 7.80. The number of aromatic nitrogens is 1. The zero-order valence-electron chi connectivity index (χ0n) is 22.1. The molecule has 1 aliphatic heterocycles. The summed E-state index contributed by atoms with van der Waals surface area (Å²) in [6, 6.07) is 23.1. The number of para-hydroxylation sites is 2. The highest BCUT2D eigenvalue weighted by molar-refractivity contribution is 6.33. The topological polar surface area (TPSA) is 127 Å². The maximum Gasteiger partial charge on any atom is 0.288 e. The lowest BCUT2D eigenvalue weighted by Gasteiger charge is -2.28. The standard InChI is InChI=1S/C31H20Cl2N4O6/c32-22-6-2-1-5-20(22)17-35(30(39)19-11-14-23(33)25(15-19)37(41)42)26-16-28(38)36(31(26)40)21-12-9-18(10-13-21)29-34-24-7-3-4-8-27(24)43-29/h1-15,26H,16-17H2. The second kappa shape index (κ2) is 11.3. The molecule has 12 heteroatoms. The second-order valence-electron chi connectivity index (χ2n) is 9.77. The molecule has 5 aromatic rings. The maximum atomic E-state index is 13.8. The van der Waals surface area contributed by atoms with Crippen LogP contribution in [0.3, 0.4) is 0 Å². The summed E-state index contributed by atoms with van der Waals surface area (Å²) < 4.78 is 5.81. The zero-order chi connectivity index (χ0) is 30.2. The van der Waals surface area contributed by atoms with Gasteiger partial charge in [-0.3, -0.25) is 24.5 Å². The van der Waals surface area contributed by atoms with E-state index in [1.165, 1.54) is 17.0 Å². The number of nitrogens with zero attached hydrogens (tertiary/aromatic N) is 4. The fraction of sp³-hybridized carbons (Fsp3) is 0.0968. The Morgan fingerprint density at radius 2 is 1.70 bits per heavy atom. The molecule has 0 saturated carbocycles. The van der Waals surface area contributed by atoms with Gasteiger partial charge >= 0.3 is 0 Å². The Hall–Kier alpha value is -5.06. The van der Waals surface area contributed by atoms with Crippen LogP contribution in [0.25, 0.3) is 22.6 Å². The Labute approximate surface area is 254 Å². The number of nitro benzene ring substituents is 1. The van der Waals surface area contributed by atoms with E-state index in [0.29, 0.717) is 38.8 Å². The minimum absolute atomic E-state index is 0.0652. The van der Waals surface area contributed by atoms with Crippen molar-refractivity contribution in [1.29, 1.82) is 0 Å². The van der Waals surface area contributed by atoms with Crippen LogP contribution >= 0.6 is 23.2 Å². The number of rotatable bonds is 7. The highest BCUT2D eigenvalue weighted by Gasteiger charge is 2.45. The van der Waals surface area contributed by atoms with Crippen LogP contribution in [0.2, 0.25) is 10.0 Å². The summed E-state index contributed by atoms with van der Waals surface area (Å²) in [6.07, 6.45) is -0.294. The molecule has 4 aromatic carbocycles. The molecule has 0 bridgehead atoms. The first kappa shape index (κ1) is 28.1. The van der Waals surface area contributed by atoms with Crippen molar-refractivity contribution < 1.29 is 23.7 Å². The molecule has 6 rings (SSSR count). The molecule has 1 saturated heterocycles. The van der Waals surface area contributed by atoms with Crippen LogP contribution < -0.4 is 4.90 Å². The summed E-state index contributed by atoms with van der Waals surface area (Å²) in [6.45, 7) is -0.122. The first-order chi connectivity index (χ1) is 20.7.